The number of hydrogen-bond acceptors (Lipinski definition) is 1. The molecule has 1 aromatic carbocycles. The molecule has 0 bridgehead atoms. The van der Waals surface area contributed by atoms with E-state index >= 15 is 0 Å². The summed E-state index contributed by atoms with van der Waals surface area (Å²) < 4.78 is 0. The summed E-state index contributed by atoms with van der Waals surface area (Å²) in [7, 11) is 0.983. The van der Waals surface area contributed by atoms with Crippen molar-refractivity contribution in [3.8, 4) is 0 Å². The number of benzene rings is 1. The first-order valence-corrected chi connectivity index (χ1v) is 5.19. The van der Waals surface area contributed by atoms with Crippen molar-refractivity contribution in [3.05, 3.63) is 35.4 Å². The zero-order chi connectivity index (χ0) is 8.55. The van der Waals surface area contributed by atoms with Gasteiger partial charge in [-0.2, -0.15) is 0 Å². The second-order valence-electron chi connectivity index (χ2n) is 2.91. The number of hydrogen-bond donors (Lipinski definition) is 1. The lowest BCUT2D eigenvalue weighted by atomic mass is 10.1. The van der Waals surface area contributed by atoms with Crippen LogP contribution in [-0.4, -0.2) is 12.1 Å². The molecule has 0 spiro atoms. The van der Waals surface area contributed by atoms with E-state index in [1.165, 1.54) is 6.16 Å². The van der Waals surface area contributed by atoms with Crippen LogP contribution in [0.2, 0.25) is 0 Å². The van der Waals surface area contributed by atoms with Crippen molar-refractivity contribution >= 4 is 14.5 Å². The van der Waals surface area contributed by atoms with Crippen LogP contribution < -0.4 is 5.73 Å². The van der Waals surface area contributed by atoms with Gasteiger partial charge in [0.1, 0.15) is 0 Å². The molecule has 1 heterocycles. The Morgan fingerprint density at radius 3 is 2.75 bits per heavy atom. The Morgan fingerprint density at radius 2 is 2.17 bits per heavy atom. The summed E-state index contributed by atoms with van der Waals surface area (Å²) in [6.45, 7) is 0. The Balaban J connectivity index is 2.43. The lowest BCUT2D eigenvalue weighted by Crippen LogP contribution is -2.13. The van der Waals surface area contributed by atoms with Gasteiger partial charge in [0.05, 0.1) is 0 Å². The molecule has 1 aliphatic heterocycles. The van der Waals surface area contributed by atoms with Crippen LogP contribution in [0.4, 0.5) is 0 Å². The Bertz CT molecular complexity index is 320. The van der Waals surface area contributed by atoms with Crippen molar-refractivity contribution in [2.24, 2.45) is 5.73 Å². The maximum Gasteiger partial charge on any atom is 0.248 e. The second kappa shape index (κ2) is 2.87. The van der Waals surface area contributed by atoms with Crippen LogP contribution in [0, 0.1) is 0 Å². The molecule has 0 aromatic heterocycles. The summed E-state index contributed by atoms with van der Waals surface area (Å²) in [5.74, 6) is -0.303. The van der Waals surface area contributed by atoms with Crippen molar-refractivity contribution in [1.29, 1.82) is 0 Å². The van der Waals surface area contributed by atoms with Crippen LogP contribution in [0.15, 0.2) is 24.3 Å². The summed E-state index contributed by atoms with van der Waals surface area (Å²) in [5.41, 5.74) is 7.71. The third-order valence-corrected chi connectivity index (χ3v) is 3.14. The van der Waals surface area contributed by atoms with Crippen molar-refractivity contribution in [3.63, 3.8) is 0 Å². The first-order chi connectivity index (χ1) is 5.79. The molecule has 1 amide bonds. The molecule has 2 atom stereocenters. The molecule has 1 aromatic rings. The average molecular weight is 179 g/mol. The number of rotatable bonds is 2. The van der Waals surface area contributed by atoms with Gasteiger partial charge in [-0.1, -0.05) is 18.2 Å². The fourth-order valence-electron chi connectivity index (χ4n) is 1.30. The van der Waals surface area contributed by atoms with Crippen molar-refractivity contribution < 1.29 is 4.79 Å². The van der Waals surface area contributed by atoms with E-state index in [4.69, 9.17) is 5.73 Å². The Labute approximate surface area is 72.9 Å². The summed E-state index contributed by atoms with van der Waals surface area (Å²) in [5, 5.41) is 0. The smallest absolute Gasteiger partial charge is 0.248 e. The summed E-state index contributed by atoms with van der Waals surface area (Å²) >= 11 is 0. The van der Waals surface area contributed by atoms with Gasteiger partial charge in [-0.3, -0.25) is 4.79 Å². The number of amides is 1. The molecule has 2 nitrogen and oxygen atoms in total. The predicted octanol–water partition coefficient (Wildman–Crippen LogP) is 1.52. The lowest BCUT2D eigenvalue weighted by Gasteiger charge is -2.02. The van der Waals surface area contributed by atoms with Crippen molar-refractivity contribution in [1.82, 2.24) is 0 Å². The zero-order valence-corrected chi connectivity index (χ0v) is 7.58. The molecule has 62 valence electrons. The van der Waals surface area contributed by atoms with Gasteiger partial charge in [0.15, 0.2) is 0 Å². The van der Waals surface area contributed by atoms with E-state index in [-0.39, 0.29) is 5.91 Å². The molecule has 2 rings (SSSR count). The highest BCUT2D eigenvalue weighted by Crippen LogP contribution is 2.53. The van der Waals surface area contributed by atoms with Gasteiger partial charge < -0.3 is 5.73 Å². The third-order valence-electron chi connectivity index (χ3n) is 2.01. The molecule has 1 fully saturated rings. The largest absolute Gasteiger partial charge is 0.366 e. The normalized spacial score (nSPS) is 22.5. The molecule has 0 aliphatic carbocycles. The fraction of sp³-hybridized carbons (Fsp3) is 0.222. The standard InChI is InChI=1S/C9H10NOP/c10-9(11)7-4-2-1-3-6(7)8-5-12-8/h1-4,8,12H,5H2,(H2,10,11). The van der Waals surface area contributed by atoms with Crippen LogP contribution in [0.25, 0.3) is 0 Å². The van der Waals surface area contributed by atoms with Crippen molar-refractivity contribution in [2.45, 2.75) is 5.66 Å². The average Bonchev–Trinajstić information content (AvgIpc) is 2.87. The van der Waals surface area contributed by atoms with E-state index in [2.05, 4.69) is 0 Å². The lowest BCUT2D eigenvalue weighted by molar-refractivity contribution is 0.0999. The Morgan fingerprint density at radius 1 is 1.50 bits per heavy atom. The van der Waals surface area contributed by atoms with E-state index in [9.17, 15) is 4.79 Å². The van der Waals surface area contributed by atoms with Gasteiger partial charge in [-0.15, -0.1) is 8.58 Å². The SMILES string of the molecule is NC(=O)c1ccccc1C1CP1. The monoisotopic (exact) mass is 179 g/mol. The predicted molar refractivity (Wildman–Crippen MR) is 50.9 cm³/mol. The molecule has 0 radical (unpaired) electrons. The third kappa shape index (κ3) is 1.35. The van der Waals surface area contributed by atoms with E-state index in [0.29, 0.717) is 11.2 Å². The highest BCUT2D eigenvalue weighted by molar-refractivity contribution is 7.47. The van der Waals surface area contributed by atoms with Gasteiger partial charge >= 0.3 is 0 Å². The minimum atomic E-state index is -0.303. The van der Waals surface area contributed by atoms with Crippen molar-refractivity contribution in [2.75, 3.05) is 6.16 Å². The fourth-order valence-corrected chi connectivity index (χ4v) is 2.11. The summed E-state index contributed by atoms with van der Waals surface area (Å²) in [6.07, 6.45) is 1.23. The van der Waals surface area contributed by atoms with Crippen LogP contribution in [-0.2, 0) is 0 Å². The molecule has 0 saturated carbocycles. The van der Waals surface area contributed by atoms with Gasteiger partial charge in [0, 0.05) is 11.2 Å². The summed E-state index contributed by atoms with van der Waals surface area (Å²) in [4.78, 5) is 11.0. The zero-order valence-electron chi connectivity index (χ0n) is 6.58. The van der Waals surface area contributed by atoms with Gasteiger partial charge in [0.2, 0.25) is 5.91 Å². The maximum absolute atomic E-state index is 11.0. The molecule has 2 unspecified atom stereocenters. The quantitative estimate of drug-likeness (QED) is 0.687. The molecular weight excluding hydrogens is 169 g/mol. The van der Waals surface area contributed by atoms with Crippen LogP contribution in [0.1, 0.15) is 21.6 Å². The van der Waals surface area contributed by atoms with E-state index in [1.807, 2.05) is 18.2 Å². The van der Waals surface area contributed by atoms with Crippen LogP contribution in [0.3, 0.4) is 0 Å². The molecule has 2 N–H and O–H groups in total. The summed E-state index contributed by atoms with van der Waals surface area (Å²) in [6, 6.07) is 7.63. The number of primary amides is 1. The molecule has 12 heavy (non-hydrogen) atoms. The maximum atomic E-state index is 11.0. The Kier molecular flexibility index (Phi) is 1.86. The van der Waals surface area contributed by atoms with Gasteiger partial charge in [-0.05, 0) is 17.8 Å². The first kappa shape index (κ1) is 7.75. The molecule has 1 aliphatic rings. The van der Waals surface area contributed by atoms with E-state index in [0.717, 1.165) is 14.1 Å². The first-order valence-electron chi connectivity index (χ1n) is 3.91. The van der Waals surface area contributed by atoms with Gasteiger partial charge in [-0.25, -0.2) is 0 Å². The number of carbonyl (C=O) groups excluding carboxylic acids is 1. The highest BCUT2D eigenvalue weighted by Gasteiger charge is 2.26. The number of nitrogens with two attached hydrogens (primary N) is 1. The van der Waals surface area contributed by atoms with Crippen LogP contribution >= 0.6 is 8.58 Å². The highest BCUT2D eigenvalue weighted by atomic mass is 31.1. The molecule has 1 saturated heterocycles. The minimum absolute atomic E-state index is 0.303. The molecular formula is C9H10NOP. The van der Waals surface area contributed by atoms with E-state index in [1.54, 1.807) is 6.07 Å². The minimum Gasteiger partial charge on any atom is -0.366 e. The molecule has 3 heteroatoms. The Hall–Kier alpha value is -0.880. The van der Waals surface area contributed by atoms with Crippen LogP contribution in [0.5, 0.6) is 0 Å². The van der Waals surface area contributed by atoms with Gasteiger partial charge in [0.25, 0.3) is 0 Å². The number of carbonyl (C=O) groups is 1. The van der Waals surface area contributed by atoms with E-state index < -0.39 is 0 Å². The topological polar surface area (TPSA) is 43.1 Å². The second-order valence-corrected chi connectivity index (χ2v) is 4.43.